The molecule has 4 rings (SSSR count). The summed E-state index contributed by atoms with van der Waals surface area (Å²) in [5, 5.41) is 11.7. The fourth-order valence-corrected chi connectivity index (χ4v) is 4.60. The first-order valence-corrected chi connectivity index (χ1v) is 11.8. The number of guanidine groups is 1. The predicted molar refractivity (Wildman–Crippen MR) is 142 cm³/mol. The first kappa shape index (κ1) is 25.9. The van der Waals surface area contributed by atoms with Crippen molar-refractivity contribution in [2.45, 2.75) is 58.3 Å². The maximum absolute atomic E-state index is 5.16. The molecule has 9 heteroatoms. The van der Waals surface area contributed by atoms with Gasteiger partial charge in [-0.1, -0.05) is 29.8 Å². The average Bonchev–Trinajstić information content (AvgIpc) is 3.21. The van der Waals surface area contributed by atoms with Gasteiger partial charge in [0, 0.05) is 39.7 Å². The van der Waals surface area contributed by atoms with Crippen molar-refractivity contribution in [1.82, 2.24) is 30.3 Å². The second kappa shape index (κ2) is 12.7. The summed E-state index contributed by atoms with van der Waals surface area (Å²) < 4.78 is 7.16. The van der Waals surface area contributed by atoms with Crippen LogP contribution in [0.1, 0.15) is 42.0 Å². The van der Waals surface area contributed by atoms with Crippen LogP contribution < -0.4 is 10.6 Å². The molecule has 1 fully saturated rings. The van der Waals surface area contributed by atoms with Crippen molar-refractivity contribution >= 4 is 29.9 Å². The molecule has 1 atom stereocenters. The summed E-state index contributed by atoms with van der Waals surface area (Å²) in [7, 11) is 3.52. The number of nitrogens with one attached hydrogen (secondary N) is 2. The van der Waals surface area contributed by atoms with E-state index in [-0.39, 0.29) is 24.0 Å². The lowest BCUT2D eigenvalue weighted by molar-refractivity contribution is 0.177. The van der Waals surface area contributed by atoms with Crippen LogP contribution in [0.15, 0.2) is 29.3 Å². The highest BCUT2D eigenvalue weighted by Crippen LogP contribution is 2.19. The Morgan fingerprint density at radius 2 is 1.94 bits per heavy atom. The van der Waals surface area contributed by atoms with Gasteiger partial charge in [0.05, 0.1) is 6.54 Å². The third-order valence-electron chi connectivity index (χ3n) is 6.53. The van der Waals surface area contributed by atoms with Gasteiger partial charge in [-0.15, -0.1) is 24.0 Å². The number of aryl methyl sites for hydroxylation is 2. The molecule has 0 amide bonds. The molecule has 3 heterocycles. The normalized spacial score (nSPS) is 19.6. The molecule has 0 aliphatic carbocycles. The van der Waals surface area contributed by atoms with Gasteiger partial charge in [-0.25, -0.2) is 9.67 Å². The van der Waals surface area contributed by atoms with E-state index < -0.39 is 0 Å². The molecular formula is C24H38IN7O. The van der Waals surface area contributed by atoms with E-state index >= 15 is 0 Å². The summed E-state index contributed by atoms with van der Waals surface area (Å²) in [4.78, 5) is 11.6. The number of aromatic nitrogens is 3. The Bertz CT molecular complexity index is 891. The number of fused-ring (bicyclic) bond motifs is 1. The molecule has 2 aliphatic rings. The molecule has 0 saturated carbocycles. The Balaban J connectivity index is 0.00000306. The molecule has 2 aromatic rings. The van der Waals surface area contributed by atoms with E-state index in [1.54, 1.807) is 7.11 Å². The maximum Gasteiger partial charge on any atom is 0.191 e. The Labute approximate surface area is 214 Å². The van der Waals surface area contributed by atoms with Crippen LogP contribution in [-0.2, 0) is 30.9 Å². The summed E-state index contributed by atoms with van der Waals surface area (Å²) in [5.74, 6) is 3.39. The molecule has 1 aromatic heterocycles. The van der Waals surface area contributed by atoms with E-state index in [1.165, 1.54) is 24.0 Å². The third kappa shape index (κ3) is 7.38. The van der Waals surface area contributed by atoms with Crippen molar-refractivity contribution in [3.63, 3.8) is 0 Å². The van der Waals surface area contributed by atoms with Crippen LogP contribution in [0.2, 0.25) is 0 Å². The molecule has 2 aliphatic heterocycles. The van der Waals surface area contributed by atoms with Gasteiger partial charge in [0.15, 0.2) is 11.8 Å². The van der Waals surface area contributed by atoms with Gasteiger partial charge in [0.25, 0.3) is 0 Å². The molecule has 0 bridgehead atoms. The van der Waals surface area contributed by atoms with Gasteiger partial charge in [0.2, 0.25) is 0 Å². The monoisotopic (exact) mass is 567 g/mol. The van der Waals surface area contributed by atoms with E-state index in [9.17, 15) is 0 Å². The number of hydrogen-bond donors (Lipinski definition) is 2. The van der Waals surface area contributed by atoms with Crippen molar-refractivity contribution < 1.29 is 4.74 Å². The van der Waals surface area contributed by atoms with E-state index in [0.29, 0.717) is 18.6 Å². The van der Waals surface area contributed by atoms with Gasteiger partial charge >= 0.3 is 0 Å². The second-order valence-electron chi connectivity index (χ2n) is 9.10. The number of hydrogen-bond acceptors (Lipinski definition) is 5. The molecule has 8 nitrogen and oxygen atoms in total. The van der Waals surface area contributed by atoms with E-state index in [4.69, 9.17) is 4.74 Å². The van der Waals surface area contributed by atoms with E-state index in [0.717, 1.165) is 63.2 Å². The zero-order chi connectivity index (χ0) is 22.3. The number of likely N-dealkylation sites (tertiary alicyclic amines) is 1. The van der Waals surface area contributed by atoms with Gasteiger partial charge in [-0.3, -0.25) is 9.89 Å². The van der Waals surface area contributed by atoms with Crippen LogP contribution in [0.5, 0.6) is 0 Å². The number of methoxy groups -OCH3 is 1. The topological polar surface area (TPSA) is 79.6 Å². The minimum Gasteiger partial charge on any atom is -0.377 e. The van der Waals surface area contributed by atoms with Gasteiger partial charge in [-0.05, 0) is 50.8 Å². The number of benzene rings is 1. The number of rotatable bonds is 7. The minimum atomic E-state index is 0. The Kier molecular flexibility index (Phi) is 9.94. The smallest absolute Gasteiger partial charge is 0.191 e. The van der Waals surface area contributed by atoms with Crippen molar-refractivity contribution in [2.75, 3.05) is 33.8 Å². The van der Waals surface area contributed by atoms with Crippen LogP contribution in [0.3, 0.4) is 0 Å². The van der Waals surface area contributed by atoms with Crippen LogP contribution in [-0.4, -0.2) is 65.5 Å². The fourth-order valence-electron chi connectivity index (χ4n) is 4.60. The molecule has 0 radical (unpaired) electrons. The SMILES string of the molecule is CN=C(NCC1CCN(Cc2ccc(C)cc2)CC1)NC1CCc2nc(COC)nn2C1.I. The number of piperidine rings is 1. The average molecular weight is 568 g/mol. The predicted octanol–water partition coefficient (Wildman–Crippen LogP) is 2.74. The highest BCUT2D eigenvalue weighted by molar-refractivity contribution is 14.0. The van der Waals surface area contributed by atoms with Crippen molar-refractivity contribution in [2.24, 2.45) is 10.9 Å². The quantitative estimate of drug-likeness (QED) is 0.305. The number of aliphatic imine (C=N–C) groups is 1. The lowest BCUT2D eigenvalue weighted by Gasteiger charge is -2.32. The highest BCUT2D eigenvalue weighted by Gasteiger charge is 2.23. The Morgan fingerprint density at radius 3 is 2.64 bits per heavy atom. The summed E-state index contributed by atoms with van der Waals surface area (Å²) in [6.07, 6.45) is 4.40. The van der Waals surface area contributed by atoms with Crippen LogP contribution in [0.4, 0.5) is 0 Å². The molecule has 1 aromatic carbocycles. The lowest BCUT2D eigenvalue weighted by atomic mass is 9.96. The van der Waals surface area contributed by atoms with E-state index in [2.05, 4.69) is 61.8 Å². The second-order valence-corrected chi connectivity index (χ2v) is 9.10. The maximum atomic E-state index is 5.16. The Hall–Kier alpha value is -1.72. The summed E-state index contributed by atoms with van der Waals surface area (Å²) in [5.41, 5.74) is 2.74. The molecule has 0 spiro atoms. The molecular weight excluding hydrogens is 529 g/mol. The first-order valence-electron chi connectivity index (χ1n) is 11.8. The van der Waals surface area contributed by atoms with Crippen molar-refractivity contribution in [3.05, 3.63) is 47.0 Å². The summed E-state index contributed by atoms with van der Waals surface area (Å²) in [6.45, 7) is 7.76. The minimum absolute atomic E-state index is 0. The fraction of sp³-hybridized carbons (Fsp3) is 0.625. The molecule has 1 unspecified atom stereocenters. The summed E-state index contributed by atoms with van der Waals surface area (Å²) >= 11 is 0. The molecule has 182 valence electrons. The van der Waals surface area contributed by atoms with Crippen LogP contribution >= 0.6 is 24.0 Å². The number of ether oxygens (including phenoxy) is 1. The van der Waals surface area contributed by atoms with E-state index in [1.807, 2.05) is 11.7 Å². The van der Waals surface area contributed by atoms with Crippen molar-refractivity contribution in [3.8, 4) is 0 Å². The first-order chi connectivity index (χ1) is 15.6. The molecule has 33 heavy (non-hydrogen) atoms. The van der Waals surface area contributed by atoms with Gasteiger partial charge in [-0.2, -0.15) is 5.10 Å². The third-order valence-corrected chi connectivity index (χ3v) is 6.53. The largest absolute Gasteiger partial charge is 0.377 e. The zero-order valence-corrected chi connectivity index (χ0v) is 22.4. The standard InChI is InChI=1S/C24H37N7O.HI/c1-18-4-6-20(7-5-18)15-30-12-10-19(11-13-30)14-26-24(25-2)27-21-8-9-23-28-22(17-32-3)29-31(23)16-21;/h4-7,19,21H,8-17H2,1-3H3,(H2,25,26,27);1H. The van der Waals surface area contributed by atoms with Crippen molar-refractivity contribution in [1.29, 1.82) is 0 Å². The van der Waals surface area contributed by atoms with Crippen LogP contribution in [0, 0.1) is 12.8 Å². The highest BCUT2D eigenvalue weighted by atomic mass is 127. The van der Waals surface area contributed by atoms with Gasteiger partial charge < -0.3 is 15.4 Å². The number of halogens is 1. The Morgan fingerprint density at radius 1 is 1.18 bits per heavy atom. The zero-order valence-electron chi connectivity index (χ0n) is 20.1. The number of nitrogens with zero attached hydrogens (tertiary/aromatic N) is 5. The van der Waals surface area contributed by atoms with Gasteiger partial charge in [0.1, 0.15) is 12.4 Å². The lowest BCUT2D eigenvalue weighted by Crippen LogP contribution is -2.48. The summed E-state index contributed by atoms with van der Waals surface area (Å²) in [6, 6.07) is 9.23. The molecule has 1 saturated heterocycles. The van der Waals surface area contributed by atoms with Crippen LogP contribution in [0.25, 0.3) is 0 Å². The molecule has 2 N–H and O–H groups in total.